The van der Waals surface area contributed by atoms with Gasteiger partial charge in [-0.2, -0.15) is 10.1 Å². The summed E-state index contributed by atoms with van der Waals surface area (Å²) >= 11 is 0. The molecule has 1 saturated heterocycles. The van der Waals surface area contributed by atoms with Gasteiger partial charge in [-0.05, 0) is 19.4 Å². The molecule has 0 spiro atoms. The number of H-pyrrole nitrogens is 1. The second kappa shape index (κ2) is 5.70. The molecule has 1 fully saturated rings. The lowest BCUT2D eigenvalue weighted by molar-refractivity contribution is 0.129. The van der Waals surface area contributed by atoms with Crippen molar-refractivity contribution in [1.29, 1.82) is 0 Å². The van der Waals surface area contributed by atoms with Gasteiger partial charge in [0, 0.05) is 5.92 Å². The minimum Gasteiger partial charge on any atom is -0.339 e. The normalized spacial score (nSPS) is 20.6. The molecule has 0 aliphatic carbocycles. The third kappa shape index (κ3) is 2.72. The Labute approximate surface area is 117 Å². The first kappa shape index (κ1) is 13.2. The van der Waals surface area contributed by atoms with Crippen molar-refractivity contribution in [3.63, 3.8) is 0 Å². The molecule has 1 aliphatic rings. The molecule has 0 unspecified atom stereocenters. The van der Waals surface area contributed by atoms with E-state index in [2.05, 4.69) is 44.1 Å². The summed E-state index contributed by atoms with van der Waals surface area (Å²) in [4.78, 5) is 11.1. The molecule has 108 valence electrons. The summed E-state index contributed by atoms with van der Waals surface area (Å²) in [6.45, 7) is 5.82. The molecule has 1 aliphatic heterocycles. The Balaban J connectivity index is 1.73. The Bertz CT molecular complexity index is 535. The highest BCUT2D eigenvalue weighted by atomic mass is 16.5. The maximum atomic E-state index is 5.27. The van der Waals surface area contributed by atoms with Crippen molar-refractivity contribution < 1.29 is 4.52 Å². The number of piperidine rings is 1. The molecule has 2 aromatic rings. The van der Waals surface area contributed by atoms with Crippen LogP contribution in [-0.2, 0) is 6.54 Å². The van der Waals surface area contributed by atoms with Crippen LogP contribution in [0.5, 0.6) is 0 Å². The summed E-state index contributed by atoms with van der Waals surface area (Å²) in [5, 5.41) is 11.0. The van der Waals surface area contributed by atoms with Gasteiger partial charge in [0.25, 0.3) is 0 Å². The molecule has 0 saturated carbocycles. The molecular formula is C13H20N6O. The van der Waals surface area contributed by atoms with Gasteiger partial charge in [0.2, 0.25) is 5.89 Å². The summed E-state index contributed by atoms with van der Waals surface area (Å²) in [6, 6.07) is 0.271. The van der Waals surface area contributed by atoms with E-state index in [1.807, 2.05) is 0 Å². The van der Waals surface area contributed by atoms with Crippen LogP contribution in [0.1, 0.15) is 62.6 Å². The molecule has 7 heteroatoms. The van der Waals surface area contributed by atoms with E-state index in [-0.39, 0.29) is 12.0 Å². The van der Waals surface area contributed by atoms with E-state index < -0.39 is 0 Å². The Morgan fingerprint density at radius 2 is 2.35 bits per heavy atom. The van der Waals surface area contributed by atoms with Crippen LogP contribution < -0.4 is 0 Å². The molecule has 2 aromatic heterocycles. The second-order valence-corrected chi connectivity index (χ2v) is 5.56. The minimum absolute atomic E-state index is 0.266. The van der Waals surface area contributed by atoms with E-state index in [1.54, 1.807) is 6.33 Å². The van der Waals surface area contributed by atoms with E-state index in [4.69, 9.17) is 4.52 Å². The van der Waals surface area contributed by atoms with E-state index >= 15 is 0 Å². The van der Waals surface area contributed by atoms with Crippen molar-refractivity contribution in [2.45, 2.75) is 51.6 Å². The number of hydrogen-bond donors (Lipinski definition) is 1. The van der Waals surface area contributed by atoms with Gasteiger partial charge in [-0.3, -0.25) is 10.00 Å². The lowest BCUT2D eigenvalue weighted by Gasteiger charge is -2.33. The Morgan fingerprint density at radius 1 is 1.45 bits per heavy atom. The van der Waals surface area contributed by atoms with Gasteiger partial charge >= 0.3 is 0 Å². The topological polar surface area (TPSA) is 83.7 Å². The highest BCUT2D eigenvalue weighted by Gasteiger charge is 2.27. The van der Waals surface area contributed by atoms with Crippen LogP contribution in [0.25, 0.3) is 0 Å². The van der Waals surface area contributed by atoms with Crippen LogP contribution >= 0.6 is 0 Å². The van der Waals surface area contributed by atoms with Gasteiger partial charge in [0.1, 0.15) is 12.2 Å². The van der Waals surface area contributed by atoms with E-state index in [9.17, 15) is 0 Å². The molecule has 0 radical (unpaired) electrons. The fraction of sp³-hybridized carbons (Fsp3) is 0.692. The molecule has 7 nitrogen and oxygen atoms in total. The third-order valence-corrected chi connectivity index (χ3v) is 3.69. The number of nitrogens with zero attached hydrogens (tertiary/aromatic N) is 5. The number of hydrogen-bond acceptors (Lipinski definition) is 6. The van der Waals surface area contributed by atoms with E-state index in [1.165, 1.54) is 12.8 Å². The molecule has 0 amide bonds. The molecule has 1 N–H and O–H groups in total. The smallest absolute Gasteiger partial charge is 0.229 e. The van der Waals surface area contributed by atoms with Gasteiger partial charge in [-0.25, -0.2) is 4.98 Å². The number of aromatic amines is 1. The average molecular weight is 276 g/mol. The average Bonchev–Trinajstić information content (AvgIpc) is 3.10. The summed E-state index contributed by atoms with van der Waals surface area (Å²) < 4.78 is 5.27. The van der Waals surface area contributed by atoms with Crippen molar-refractivity contribution in [3.05, 3.63) is 23.9 Å². The second-order valence-electron chi connectivity index (χ2n) is 5.56. The van der Waals surface area contributed by atoms with Crippen LogP contribution in [0.15, 0.2) is 10.9 Å². The maximum absolute atomic E-state index is 5.27. The predicted octanol–water partition coefficient (Wildman–Crippen LogP) is 2.04. The Hall–Kier alpha value is -1.76. The highest BCUT2D eigenvalue weighted by molar-refractivity contribution is 4.97. The van der Waals surface area contributed by atoms with Crippen molar-refractivity contribution in [2.75, 3.05) is 6.54 Å². The van der Waals surface area contributed by atoms with Gasteiger partial charge in [0.15, 0.2) is 5.82 Å². The maximum Gasteiger partial charge on any atom is 0.229 e. The zero-order valence-corrected chi connectivity index (χ0v) is 11.9. The quantitative estimate of drug-likeness (QED) is 0.920. The van der Waals surface area contributed by atoms with Gasteiger partial charge in [0.05, 0.1) is 12.6 Å². The number of nitrogens with one attached hydrogen (secondary N) is 1. The van der Waals surface area contributed by atoms with Gasteiger partial charge in [-0.1, -0.05) is 25.4 Å². The van der Waals surface area contributed by atoms with Crippen LogP contribution in [0.4, 0.5) is 0 Å². The summed E-state index contributed by atoms with van der Waals surface area (Å²) in [5.41, 5.74) is 0. The van der Waals surface area contributed by atoms with E-state index in [0.29, 0.717) is 12.4 Å². The Morgan fingerprint density at radius 3 is 3.05 bits per heavy atom. The van der Waals surface area contributed by atoms with Gasteiger partial charge in [-0.15, -0.1) is 0 Å². The standard InChI is InChI=1S/C13H20N6O/c1-9(2)13-16-11(18-20-13)7-19-6-4-3-5-10(19)12-14-8-15-17-12/h8-10H,3-7H2,1-2H3,(H,14,15,17)/t10-/m0/s1. The third-order valence-electron chi connectivity index (χ3n) is 3.69. The summed E-state index contributed by atoms with van der Waals surface area (Å²) in [5.74, 6) is 2.65. The lowest BCUT2D eigenvalue weighted by atomic mass is 10.0. The number of rotatable bonds is 4. The van der Waals surface area contributed by atoms with Crippen LogP contribution in [0.3, 0.4) is 0 Å². The summed E-state index contributed by atoms with van der Waals surface area (Å²) in [7, 11) is 0. The summed E-state index contributed by atoms with van der Waals surface area (Å²) in [6.07, 6.45) is 5.06. The van der Waals surface area contributed by atoms with Gasteiger partial charge < -0.3 is 4.52 Å². The monoisotopic (exact) mass is 276 g/mol. The molecule has 0 bridgehead atoms. The first-order valence-electron chi connectivity index (χ1n) is 7.16. The molecule has 3 heterocycles. The Kier molecular flexibility index (Phi) is 3.77. The zero-order valence-electron chi connectivity index (χ0n) is 11.9. The van der Waals surface area contributed by atoms with Crippen LogP contribution in [0.2, 0.25) is 0 Å². The predicted molar refractivity (Wildman–Crippen MR) is 71.8 cm³/mol. The van der Waals surface area contributed by atoms with Crippen molar-refractivity contribution in [3.8, 4) is 0 Å². The first-order chi connectivity index (χ1) is 9.74. The fourth-order valence-corrected chi connectivity index (χ4v) is 2.61. The number of aromatic nitrogens is 5. The molecule has 20 heavy (non-hydrogen) atoms. The fourth-order valence-electron chi connectivity index (χ4n) is 2.61. The molecular weight excluding hydrogens is 256 g/mol. The van der Waals surface area contributed by atoms with Crippen molar-refractivity contribution in [1.82, 2.24) is 30.2 Å². The molecule has 3 rings (SSSR count). The largest absolute Gasteiger partial charge is 0.339 e. The van der Waals surface area contributed by atoms with E-state index in [0.717, 1.165) is 24.6 Å². The lowest BCUT2D eigenvalue weighted by Crippen LogP contribution is -2.34. The zero-order chi connectivity index (χ0) is 13.9. The molecule has 1 atom stereocenters. The molecule has 0 aromatic carbocycles. The highest BCUT2D eigenvalue weighted by Crippen LogP contribution is 2.29. The van der Waals surface area contributed by atoms with Crippen LogP contribution in [-0.4, -0.2) is 36.8 Å². The SMILES string of the molecule is CC(C)c1nc(CN2CCCC[C@H]2c2ncn[nH]2)no1. The number of likely N-dealkylation sites (tertiary alicyclic amines) is 1. The minimum atomic E-state index is 0.266. The van der Waals surface area contributed by atoms with Crippen LogP contribution in [0, 0.1) is 0 Å². The van der Waals surface area contributed by atoms with Crippen molar-refractivity contribution in [2.24, 2.45) is 0 Å². The first-order valence-corrected chi connectivity index (χ1v) is 7.16. The van der Waals surface area contributed by atoms with Crippen molar-refractivity contribution >= 4 is 0 Å².